The van der Waals surface area contributed by atoms with E-state index in [0.29, 0.717) is 0 Å². The lowest BCUT2D eigenvalue weighted by atomic mass is 9.73. The Hall–Kier alpha value is -1.02. The lowest BCUT2D eigenvalue weighted by molar-refractivity contribution is 0.198. The van der Waals surface area contributed by atoms with E-state index in [1.54, 1.807) is 7.11 Å². The molecule has 1 aromatic rings. The number of ether oxygens (including phenoxy) is 1. The zero-order valence-corrected chi connectivity index (χ0v) is 11.9. The van der Waals surface area contributed by atoms with Crippen LogP contribution in [0.15, 0.2) is 24.3 Å². The first-order chi connectivity index (χ1) is 9.36. The summed E-state index contributed by atoms with van der Waals surface area (Å²) < 4.78 is 5.50. The van der Waals surface area contributed by atoms with Crippen LogP contribution >= 0.6 is 0 Å². The number of para-hydroxylation sites is 1. The Morgan fingerprint density at radius 3 is 2.63 bits per heavy atom. The standard InChI is InChI=1S/C17H25NO/c1-19-17-8-3-2-5-14(17)11-15(13-6-4-7-13)12-18-16-9-10-16/h2-3,5,8,13,15-16,18H,4,6-7,9-12H2,1H3. The zero-order chi connectivity index (χ0) is 13.1. The summed E-state index contributed by atoms with van der Waals surface area (Å²) in [5.74, 6) is 2.76. The van der Waals surface area contributed by atoms with Gasteiger partial charge in [0.1, 0.15) is 5.75 Å². The van der Waals surface area contributed by atoms with Gasteiger partial charge in [-0.1, -0.05) is 37.5 Å². The predicted octanol–water partition coefficient (Wildman–Crippen LogP) is 3.41. The van der Waals surface area contributed by atoms with Crippen molar-refractivity contribution in [2.75, 3.05) is 13.7 Å². The minimum atomic E-state index is 0.783. The molecule has 0 heterocycles. The molecular formula is C17H25NO. The second-order valence-corrected chi connectivity index (χ2v) is 6.15. The van der Waals surface area contributed by atoms with Crippen LogP contribution in [0.3, 0.4) is 0 Å². The van der Waals surface area contributed by atoms with Crippen LogP contribution in [0.1, 0.15) is 37.7 Å². The Morgan fingerprint density at radius 2 is 2.00 bits per heavy atom. The molecule has 19 heavy (non-hydrogen) atoms. The molecule has 0 radical (unpaired) electrons. The molecule has 0 aliphatic heterocycles. The van der Waals surface area contributed by atoms with E-state index < -0.39 is 0 Å². The van der Waals surface area contributed by atoms with Crippen molar-refractivity contribution in [3.8, 4) is 5.75 Å². The fraction of sp³-hybridized carbons (Fsp3) is 0.647. The largest absolute Gasteiger partial charge is 0.496 e. The summed E-state index contributed by atoms with van der Waals surface area (Å²) >= 11 is 0. The highest BCUT2D eigenvalue weighted by Crippen LogP contribution is 2.36. The van der Waals surface area contributed by atoms with Crippen molar-refractivity contribution < 1.29 is 4.74 Å². The van der Waals surface area contributed by atoms with Crippen LogP contribution in [0.5, 0.6) is 5.75 Å². The van der Waals surface area contributed by atoms with Crippen molar-refractivity contribution in [3.63, 3.8) is 0 Å². The van der Waals surface area contributed by atoms with Crippen molar-refractivity contribution in [3.05, 3.63) is 29.8 Å². The summed E-state index contributed by atoms with van der Waals surface area (Å²) in [7, 11) is 1.78. The van der Waals surface area contributed by atoms with Gasteiger partial charge in [0.2, 0.25) is 0 Å². The number of nitrogens with one attached hydrogen (secondary N) is 1. The molecule has 2 nitrogen and oxygen atoms in total. The average molecular weight is 259 g/mol. The first-order valence-corrected chi connectivity index (χ1v) is 7.72. The SMILES string of the molecule is COc1ccccc1CC(CNC1CC1)C1CCC1. The lowest BCUT2D eigenvalue weighted by Crippen LogP contribution is -2.34. The molecule has 2 aliphatic rings. The number of benzene rings is 1. The highest BCUT2D eigenvalue weighted by Gasteiger charge is 2.30. The van der Waals surface area contributed by atoms with Crippen LogP contribution < -0.4 is 10.1 Å². The Labute approximate surface area is 116 Å². The minimum Gasteiger partial charge on any atom is -0.496 e. The fourth-order valence-electron chi connectivity index (χ4n) is 3.08. The Balaban J connectivity index is 1.64. The van der Waals surface area contributed by atoms with Gasteiger partial charge in [-0.25, -0.2) is 0 Å². The highest BCUT2D eigenvalue weighted by molar-refractivity contribution is 5.33. The maximum Gasteiger partial charge on any atom is 0.122 e. The maximum atomic E-state index is 5.50. The van der Waals surface area contributed by atoms with E-state index in [0.717, 1.165) is 30.0 Å². The molecule has 3 rings (SSSR count). The Morgan fingerprint density at radius 1 is 1.21 bits per heavy atom. The van der Waals surface area contributed by atoms with E-state index in [1.807, 2.05) is 0 Å². The molecule has 1 atom stereocenters. The van der Waals surface area contributed by atoms with Crippen LogP contribution in [0.25, 0.3) is 0 Å². The molecule has 0 saturated heterocycles. The summed E-state index contributed by atoms with van der Waals surface area (Å²) in [6.45, 7) is 1.19. The van der Waals surface area contributed by atoms with Gasteiger partial charge < -0.3 is 10.1 Å². The molecule has 0 spiro atoms. The second-order valence-electron chi connectivity index (χ2n) is 6.15. The molecule has 1 N–H and O–H groups in total. The van der Waals surface area contributed by atoms with Gasteiger partial charge in [0, 0.05) is 6.04 Å². The Bertz CT molecular complexity index is 409. The van der Waals surface area contributed by atoms with Crippen molar-refractivity contribution >= 4 is 0 Å². The molecule has 0 bridgehead atoms. The normalized spacial score (nSPS) is 20.9. The predicted molar refractivity (Wildman–Crippen MR) is 78.6 cm³/mol. The molecule has 2 saturated carbocycles. The van der Waals surface area contributed by atoms with E-state index >= 15 is 0 Å². The van der Waals surface area contributed by atoms with Crippen LogP contribution in [0.4, 0.5) is 0 Å². The summed E-state index contributed by atoms with van der Waals surface area (Å²) in [5.41, 5.74) is 1.37. The number of hydrogen-bond acceptors (Lipinski definition) is 2. The van der Waals surface area contributed by atoms with E-state index in [9.17, 15) is 0 Å². The number of hydrogen-bond donors (Lipinski definition) is 1. The lowest BCUT2D eigenvalue weighted by Gasteiger charge is -2.34. The Kier molecular flexibility index (Phi) is 4.07. The second kappa shape index (κ2) is 5.96. The van der Waals surface area contributed by atoms with Gasteiger partial charge in [-0.3, -0.25) is 0 Å². The highest BCUT2D eigenvalue weighted by atomic mass is 16.5. The molecule has 2 heteroatoms. The molecule has 2 aliphatic carbocycles. The third-order valence-electron chi connectivity index (χ3n) is 4.74. The fourth-order valence-corrected chi connectivity index (χ4v) is 3.08. The summed E-state index contributed by atoms with van der Waals surface area (Å²) in [6.07, 6.45) is 8.20. The van der Waals surface area contributed by atoms with Crippen LogP contribution in [0, 0.1) is 11.8 Å². The van der Waals surface area contributed by atoms with Crippen molar-refractivity contribution in [1.82, 2.24) is 5.32 Å². The quantitative estimate of drug-likeness (QED) is 0.810. The molecule has 104 valence electrons. The molecule has 1 aromatic carbocycles. The van der Waals surface area contributed by atoms with Gasteiger partial charge >= 0.3 is 0 Å². The van der Waals surface area contributed by atoms with E-state index in [4.69, 9.17) is 4.74 Å². The number of rotatable bonds is 7. The van der Waals surface area contributed by atoms with Crippen molar-refractivity contribution in [1.29, 1.82) is 0 Å². The van der Waals surface area contributed by atoms with Crippen LogP contribution in [-0.4, -0.2) is 19.7 Å². The van der Waals surface area contributed by atoms with Gasteiger partial charge in [-0.15, -0.1) is 0 Å². The van der Waals surface area contributed by atoms with Gasteiger partial charge in [-0.2, -0.15) is 0 Å². The third-order valence-corrected chi connectivity index (χ3v) is 4.74. The third kappa shape index (κ3) is 3.30. The molecular weight excluding hydrogens is 234 g/mol. The minimum absolute atomic E-state index is 0.783. The first-order valence-electron chi connectivity index (χ1n) is 7.72. The van der Waals surface area contributed by atoms with Gasteiger partial charge in [0.05, 0.1) is 7.11 Å². The molecule has 0 amide bonds. The van der Waals surface area contributed by atoms with Crippen molar-refractivity contribution in [2.45, 2.75) is 44.6 Å². The molecule has 2 fully saturated rings. The molecule has 0 aromatic heterocycles. The summed E-state index contributed by atoms with van der Waals surface area (Å²) in [6, 6.07) is 9.32. The smallest absolute Gasteiger partial charge is 0.122 e. The summed E-state index contributed by atoms with van der Waals surface area (Å²) in [5, 5.41) is 3.72. The topological polar surface area (TPSA) is 21.3 Å². The summed E-state index contributed by atoms with van der Waals surface area (Å²) in [4.78, 5) is 0. The first kappa shape index (κ1) is 13.0. The van der Waals surface area contributed by atoms with E-state index in [1.165, 1.54) is 44.2 Å². The van der Waals surface area contributed by atoms with Gasteiger partial charge in [0.25, 0.3) is 0 Å². The van der Waals surface area contributed by atoms with Gasteiger partial charge in [-0.05, 0) is 49.3 Å². The van der Waals surface area contributed by atoms with Crippen LogP contribution in [-0.2, 0) is 6.42 Å². The number of methoxy groups -OCH3 is 1. The molecule has 1 unspecified atom stereocenters. The zero-order valence-electron chi connectivity index (χ0n) is 11.9. The van der Waals surface area contributed by atoms with E-state index in [-0.39, 0.29) is 0 Å². The van der Waals surface area contributed by atoms with Crippen molar-refractivity contribution in [2.24, 2.45) is 11.8 Å². The van der Waals surface area contributed by atoms with Gasteiger partial charge in [0.15, 0.2) is 0 Å². The monoisotopic (exact) mass is 259 g/mol. The average Bonchev–Trinajstić information content (AvgIpc) is 3.18. The van der Waals surface area contributed by atoms with E-state index in [2.05, 4.69) is 29.6 Å². The maximum absolute atomic E-state index is 5.50. The van der Waals surface area contributed by atoms with Crippen LogP contribution in [0.2, 0.25) is 0 Å².